The summed E-state index contributed by atoms with van der Waals surface area (Å²) in [6, 6.07) is 0. The van der Waals surface area contributed by atoms with Crippen LogP contribution in [0.3, 0.4) is 0 Å². The van der Waals surface area contributed by atoms with Crippen molar-refractivity contribution in [2.45, 2.75) is 47.6 Å². The third-order valence-electron chi connectivity index (χ3n) is 3.07. The van der Waals surface area contributed by atoms with Gasteiger partial charge in [-0.1, -0.05) is 27.7 Å². The van der Waals surface area contributed by atoms with Gasteiger partial charge in [0.25, 0.3) is 0 Å². The van der Waals surface area contributed by atoms with Gasteiger partial charge < -0.3 is 15.8 Å². The second-order valence-corrected chi connectivity index (χ2v) is 6.81. The van der Waals surface area contributed by atoms with Crippen molar-refractivity contribution in [3.8, 4) is 5.75 Å². The van der Waals surface area contributed by atoms with Gasteiger partial charge in [0.2, 0.25) is 0 Å². The highest BCUT2D eigenvalue weighted by Crippen LogP contribution is 2.36. The van der Waals surface area contributed by atoms with Gasteiger partial charge in [0.05, 0.1) is 6.10 Å². The van der Waals surface area contributed by atoms with E-state index < -0.39 is 0 Å². The molecular formula is C13H25N3OS. The van der Waals surface area contributed by atoms with Gasteiger partial charge in [-0.3, -0.25) is 0 Å². The molecule has 5 heteroatoms. The SMILES string of the molecule is CC(C)Oc1c(N)nsc1NCC(C)C(C)(C)C. The fourth-order valence-electron chi connectivity index (χ4n) is 1.31. The van der Waals surface area contributed by atoms with Crippen molar-refractivity contribution in [3.63, 3.8) is 0 Å². The Balaban J connectivity index is 2.68. The van der Waals surface area contributed by atoms with Gasteiger partial charge in [0.15, 0.2) is 16.6 Å². The summed E-state index contributed by atoms with van der Waals surface area (Å²) in [4.78, 5) is 0. The minimum atomic E-state index is 0.101. The predicted octanol–water partition coefficient (Wildman–Crippen LogP) is 3.61. The third kappa shape index (κ3) is 4.05. The van der Waals surface area contributed by atoms with Gasteiger partial charge in [-0.2, -0.15) is 4.37 Å². The number of aromatic nitrogens is 1. The van der Waals surface area contributed by atoms with E-state index in [1.165, 1.54) is 11.5 Å². The third-order valence-corrected chi connectivity index (χ3v) is 3.88. The van der Waals surface area contributed by atoms with Crippen LogP contribution in [-0.4, -0.2) is 17.0 Å². The fourth-order valence-corrected chi connectivity index (χ4v) is 1.96. The summed E-state index contributed by atoms with van der Waals surface area (Å²) in [6.07, 6.45) is 0.101. The van der Waals surface area contributed by atoms with Crippen LogP contribution in [-0.2, 0) is 0 Å². The molecule has 104 valence electrons. The Morgan fingerprint density at radius 3 is 2.44 bits per heavy atom. The van der Waals surface area contributed by atoms with Crippen molar-refractivity contribution in [1.29, 1.82) is 0 Å². The maximum Gasteiger partial charge on any atom is 0.197 e. The Bertz CT molecular complexity index is 382. The quantitative estimate of drug-likeness (QED) is 0.859. The molecule has 0 aliphatic rings. The summed E-state index contributed by atoms with van der Waals surface area (Å²) in [5, 5.41) is 4.32. The lowest BCUT2D eigenvalue weighted by Crippen LogP contribution is -2.24. The zero-order valence-corrected chi connectivity index (χ0v) is 13.0. The van der Waals surface area contributed by atoms with Gasteiger partial charge >= 0.3 is 0 Å². The molecule has 0 aliphatic heterocycles. The van der Waals surface area contributed by atoms with E-state index in [1.807, 2.05) is 13.8 Å². The molecule has 1 rings (SSSR count). The topological polar surface area (TPSA) is 60.2 Å². The lowest BCUT2D eigenvalue weighted by Gasteiger charge is -2.27. The van der Waals surface area contributed by atoms with Crippen molar-refractivity contribution in [2.75, 3.05) is 17.6 Å². The largest absolute Gasteiger partial charge is 0.484 e. The van der Waals surface area contributed by atoms with Crippen LogP contribution >= 0.6 is 11.5 Å². The molecule has 1 heterocycles. The first-order valence-electron chi connectivity index (χ1n) is 6.37. The van der Waals surface area contributed by atoms with Crippen LogP contribution < -0.4 is 15.8 Å². The fraction of sp³-hybridized carbons (Fsp3) is 0.769. The first kappa shape index (κ1) is 15.1. The van der Waals surface area contributed by atoms with E-state index in [0.29, 0.717) is 17.5 Å². The molecule has 0 bridgehead atoms. The predicted molar refractivity (Wildman–Crippen MR) is 79.4 cm³/mol. The molecule has 1 atom stereocenters. The zero-order chi connectivity index (χ0) is 13.9. The highest BCUT2D eigenvalue weighted by Gasteiger charge is 2.21. The Morgan fingerprint density at radius 1 is 1.33 bits per heavy atom. The number of hydrogen-bond acceptors (Lipinski definition) is 5. The minimum Gasteiger partial charge on any atom is -0.484 e. The molecule has 0 aliphatic carbocycles. The van der Waals surface area contributed by atoms with Crippen molar-refractivity contribution in [2.24, 2.45) is 11.3 Å². The van der Waals surface area contributed by atoms with Crippen LogP contribution in [0.4, 0.5) is 10.8 Å². The number of rotatable bonds is 5. The highest BCUT2D eigenvalue weighted by molar-refractivity contribution is 7.11. The molecule has 0 fully saturated rings. The summed E-state index contributed by atoms with van der Waals surface area (Å²) in [5.41, 5.74) is 6.10. The molecule has 1 unspecified atom stereocenters. The highest BCUT2D eigenvalue weighted by atomic mass is 32.1. The number of anilines is 2. The molecule has 0 amide bonds. The van der Waals surface area contributed by atoms with Crippen molar-refractivity contribution in [3.05, 3.63) is 0 Å². The summed E-state index contributed by atoms with van der Waals surface area (Å²) < 4.78 is 9.84. The number of nitrogen functional groups attached to an aromatic ring is 1. The van der Waals surface area contributed by atoms with E-state index in [-0.39, 0.29) is 11.5 Å². The molecule has 18 heavy (non-hydrogen) atoms. The average molecular weight is 271 g/mol. The van der Waals surface area contributed by atoms with E-state index in [2.05, 4.69) is 37.4 Å². The van der Waals surface area contributed by atoms with Crippen LogP contribution in [0.1, 0.15) is 41.5 Å². The summed E-state index contributed by atoms with van der Waals surface area (Å²) in [7, 11) is 0. The van der Waals surface area contributed by atoms with E-state index in [0.717, 1.165) is 11.5 Å². The number of nitrogens with one attached hydrogen (secondary N) is 1. The van der Waals surface area contributed by atoms with Gasteiger partial charge in [-0.25, -0.2) is 0 Å². The van der Waals surface area contributed by atoms with E-state index in [4.69, 9.17) is 10.5 Å². The Kier molecular flexibility index (Phi) is 4.85. The standard InChI is InChI=1S/C13H25N3OS/c1-8(2)17-10-11(14)16-18-12(10)15-7-9(3)13(4,5)6/h8-9,15H,7H2,1-6H3,(H2,14,16). The van der Waals surface area contributed by atoms with Gasteiger partial charge in [-0.05, 0) is 36.7 Å². The molecule has 0 radical (unpaired) electrons. The van der Waals surface area contributed by atoms with Gasteiger partial charge in [0, 0.05) is 6.54 Å². The Morgan fingerprint density at radius 2 is 1.94 bits per heavy atom. The van der Waals surface area contributed by atoms with E-state index in [1.54, 1.807) is 0 Å². The average Bonchev–Trinajstić information content (AvgIpc) is 2.55. The molecule has 1 aromatic rings. The first-order valence-corrected chi connectivity index (χ1v) is 7.14. The van der Waals surface area contributed by atoms with E-state index >= 15 is 0 Å². The second-order valence-electron chi connectivity index (χ2n) is 6.04. The van der Waals surface area contributed by atoms with Gasteiger partial charge in [-0.15, -0.1) is 0 Å². The Hall–Kier alpha value is -0.970. The molecule has 0 saturated carbocycles. The van der Waals surface area contributed by atoms with Crippen molar-refractivity contribution in [1.82, 2.24) is 4.37 Å². The van der Waals surface area contributed by atoms with Crippen molar-refractivity contribution < 1.29 is 4.74 Å². The molecule has 1 aromatic heterocycles. The van der Waals surface area contributed by atoms with Crippen LogP contribution in [0.2, 0.25) is 0 Å². The lowest BCUT2D eigenvalue weighted by atomic mass is 9.82. The summed E-state index contributed by atoms with van der Waals surface area (Å²) in [5.74, 6) is 1.71. The number of nitrogens with zero attached hydrogens (tertiary/aromatic N) is 1. The molecular weight excluding hydrogens is 246 g/mol. The van der Waals surface area contributed by atoms with Crippen LogP contribution in [0.5, 0.6) is 5.75 Å². The normalized spacial score (nSPS) is 13.7. The maximum absolute atomic E-state index is 5.82. The van der Waals surface area contributed by atoms with E-state index in [9.17, 15) is 0 Å². The molecule has 0 saturated heterocycles. The smallest absolute Gasteiger partial charge is 0.197 e. The minimum absolute atomic E-state index is 0.101. The molecule has 4 nitrogen and oxygen atoms in total. The number of ether oxygens (including phenoxy) is 1. The van der Waals surface area contributed by atoms with Crippen molar-refractivity contribution >= 4 is 22.4 Å². The molecule has 0 aromatic carbocycles. The monoisotopic (exact) mass is 271 g/mol. The second kappa shape index (κ2) is 5.78. The Labute approximate surface area is 114 Å². The summed E-state index contributed by atoms with van der Waals surface area (Å²) >= 11 is 1.36. The number of nitrogens with two attached hydrogens (primary N) is 1. The first-order chi connectivity index (χ1) is 8.21. The number of hydrogen-bond donors (Lipinski definition) is 2. The molecule has 0 spiro atoms. The van der Waals surface area contributed by atoms with Gasteiger partial charge in [0.1, 0.15) is 0 Å². The van der Waals surface area contributed by atoms with Crippen LogP contribution in [0.25, 0.3) is 0 Å². The lowest BCUT2D eigenvalue weighted by molar-refractivity contribution is 0.244. The van der Waals surface area contributed by atoms with Crippen LogP contribution in [0.15, 0.2) is 0 Å². The van der Waals surface area contributed by atoms with Crippen LogP contribution in [0, 0.1) is 11.3 Å². The summed E-state index contributed by atoms with van der Waals surface area (Å²) in [6.45, 7) is 13.8. The maximum atomic E-state index is 5.82. The zero-order valence-electron chi connectivity index (χ0n) is 12.2. The molecule has 3 N–H and O–H groups in total.